The van der Waals surface area contributed by atoms with E-state index in [1.165, 1.54) is 16.1 Å². The Hall–Kier alpha value is -2.63. The van der Waals surface area contributed by atoms with Crippen molar-refractivity contribution in [1.82, 2.24) is 9.88 Å². The molecule has 1 aliphatic rings. The molecule has 2 aromatic rings. The van der Waals surface area contributed by atoms with E-state index < -0.39 is 11.3 Å². The molecule has 10 heteroatoms. The maximum Gasteiger partial charge on any atom is 0.148 e. The van der Waals surface area contributed by atoms with Gasteiger partial charge in [0.05, 0.1) is 11.1 Å². The lowest BCUT2D eigenvalue weighted by Crippen LogP contribution is -2.30. The van der Waals surface area contributed by atoms with Gasteiger partial charge in [-0.05, 0) is 56.6 Å². The first-order valence-electron chi connectivity index (χ1n) is 11.3. The summed E-state index contributed by atoms with van der Waals surface area (Å²) < 4.78 is 24.0. The van der Waals surface area contributed by atoms with Crippen LogP contribution in [0.25, 0.3) is 0 Å². The third-order valence-electron chi connectivity index (χ3n) is 5.91. The highest BCUT2D eigenvalue weighted by atomic mass is 32.2. The van der Waals surface area contributed by atoms with Crippen LogP contribution in [-0.4, -0.2) is 58.4 Å². The molecule has 1 aromatic heterocycles. The fraction of sp³-hybridized carbons (Fsp3) is 0.458. The molecule has 0 saturated carbocycles. The Morgan fingerprint density at radius 3 is 2.41 bits per heavy atom. The highest BCUT2D eigenvalue weighted by molar-refractivity contribution is 7.98. The zero-order valence-electron chi connectivity index (χ0n) is 19.8. The molecule has 1 saturated heterocycles. The number of anilines is 2. The molecule has 0 radical (unpaired) electrons. The Labute approximate surface area is 208 Å². The minimum Gasteiger partial charge on any atom is -0.755 e. The van der Waals surface area contributed by atoms with Gasteiger partial charge in [0.15, 0.2) is 0 Å². The number of nitrogens with zero attached hydrogens (tertiary/aromatic N) is 6. The molecule has 1 aromatic carbocycles. The number of thioether (sulfide) groups is 1. The normalized spacial score (nSPS) is 15.3. The second kappa shape index (κ2) is 12.2. The first kappa shape index (κ1) is 26.0. The molecule has 180 valence electrons. The summed E-state index contributed by atoms with van der Waals surface area (Å²) in [6.45, 7) is 7.61. The Bertz CT molecular complexity index is 1110. The van der Waals surface area contributed by atoms with Gasteiger partial charge in [0.2, 0.25) is 0 Å². The second-order valence-corrected chi connectivity index (χ2v) is 9.90. The second-order valence-electron chi connectivity index (χ2n) is 8.06. The molecular formula is C24H29N6O2S2-. The summed E-state index contributed by atoms with van der Waals surface area (Å²) >= 11 is -0.848. The van der Waals surface area contributed by atoms with Gasteiger partial charge in [-0.2, -0.15) is 10.5 Å². The molecule has 1 fully saturated rings. The third kappa shape index (κ3) is 5.89. The van der Waals surface area contributed by atoms with Crippen molar-refractivity contribution >= 4 is 34.5 Å². The number of pyridine rings is 1. The molecule has 0 amide bonds. The van der Waals surface area contributed by atoms with Crippen molar-refractivity contribution in [3.8, 4) is 12.1 Å². The van der Waals surface area contributed by atoms with E-state index in [0.29, 0.717) is 46.4 Å². The fourth-order valence-electron chi connectivity index (χ4n) is 4.06. The fourth-order valence-corrected chi connectivity index (χ4v) is 5.52. The number of benzene rings is 1. The number of aromatic nitrogens is 1. The molecule has 8 nitrogen and oxygen atoms in total. The molecule has 1 aliphatic heterocycles. The molecule has 0 aliphatic carbocycles. The van der Waals surface area contributed by atoms with E-state index in [0.717, 1.165) is 43.7 Å². The largest absolute Gasteiger partial charge is 0.755 e. The van der Waals surface area contributed by atoms with Gasteiger partial charge in [-0.25, -0.2) is 4.98 Å². The summed E-state index contributed by atoms with van der Waals surface area (Å²) in [4.78, 5) is 9.29. The Balaban J connectivity index is 1.91. The van der Waals surface area contributed by atoms with Crippen LogP contribution in [0.3, 0.4) is 0 Å². The molecule has 3 rings (SSSR count). The van der Waals surface area contributed by atoms with Crippen LogP contribution < -0.4 is 9.21 Å². The monoisotopic (exact) mass is 497 g/mol. The van der Waals surface area contributed by atoms with Crippen LogP contribution >= 0.6 is 11.8 Å². The van der Waals surface area contributed by atoms with Gasteiger partial charge in [-0.1, -0.05) is 19.1 Å². The van der Waals surface area contributed by atoms with Crippen molar-refractivity contribution in [3.63, 3.8) is 0 Å². The van der Waals surface area contributed by atoms with E-state index in [2.05, 4.69) is 29.0 Å². The molecule has 1 atom stereocenters. The lowest BCUT2D eigenvalue weighted by atomic mass is 10.0. The van der Waals surface area contributed by atoms with E-state index in [4.69, 9.17) is 4.98 Å². The van der Waals surface area contributed by atoms with Crippen LogP contribution in [0.1, 0.15) is 42.5 Å². The van der Waals surface area contributed by atoms with Crippen molar-refractivity contribution in [2.45, 2.75) is 37.5 Å². The molecule has 0 spiro atoms. The SMILES string of the molecule is CCc1c(C#N)c(SCc2ccc(N(CC)S(=O)[O-])cc2)nc(N2CCCN(C)CC2)c1C#N. The molecule has 1 unspecified atom stereocenters. The summed E-state index contributed by atoms with van der Waals surface area (Å²) in [5.41, 5.74) is 3.33. The zero-order valence-corrected chi connectivity index (χ0v) is 21.4. The van der Waals surface area contributed by atoms with E-state index in [9.17, 15) is 19.3 Å². The van der Waals surface area contributed by atoms with E-state index in [1.54, 1.807) is 19.1 Å². The highest BCUT2D eigenvalue weighted by Gasteiger charge is 2.24. The average Bonchev–Trinajstić information content (AvgIpc) is 3.06. The van der Waals surface area contributed by atoms with Crippen molar-refractivity contribution in [2.24, 2.45) is 0 Å². The smallest absolute Gasteiger partial charge is 0.148 e. The van der Waals surface area contributed by atoms with Gasteiger partial charge in [0.1, 0.15) is 23.0 Å². The van der Waals surface area contributed by atoms with Crippen molar-refractivity contribution in [1.29, 1.82) is 10.5 Å². The van der Waals surface area contributed by atoms with Gasteiger partial charge >= 0.3 is 0 Å². The van der Waals surface area contributed by atoms with Crippen LogP contribution in [0.5, 0.6) is 0 Å². The summed E-state index contributed by atoms with van der Waals surface area (Å²) in [6.07, 6.45) is 1.57. The van der Waals surface area contributed by atoms with Crippen LogP contribution in [0.2, 0.25) is 0 Å². The third-order valence-corrected chi connectivity index (χ3v) is 7.79. The zero-order chi connectivity index (χ0) is 24.7. The standard InChI is InChI=1S/C24H30N6O2S2/c1-4-20-21(15-25)23(29-12-6-11-28(3)13-14-29)27-24(22(20)16-26)33-17-18-7-9-19(10-8-18)30(5-2)34(31)32/h7-10H,4-6,11-14,17H2,1-3H3,(H,31,32)/p-1. The number of nitriles is 2. The van der Waals surface area contributed by atoms with Crippen LogP contribution in [-0.2, 0) is 23.4 Å². The Morgan fingerprint density at radius 2 is 1.82 bits per heavy atom. The van der Waals surface area contributed by atoms with Gasteiger partial charge in [0.25, 0.3) is 0 Å². The molecule has 0 bridgehead atoms. The van der Waals surface area contributed by atoms with Gasteiger partial charge in [0, 0.05) is 48.9 Å². The van der Waals surface area contributed by atoms with E-state index >= 15 is 0 Å². The molecule has 2 heterocycles. The summed E-state index contributed by atoms with van der Waals surface area (Å²) in [7, 11) is 2.10. The van der Waals surface area contributed by atoms with Crippen LogP contribution in [0, 0.1) is 22.7 Å². The first-order chi connectivity index (χ1) is 16.4. The van der Waals surface area contributed by atoms with Crippen LogP contribution in [0.15, 0.2) is 29.3 Å². The highest BCUT2D eigenvalue weighted by Crippen LogP contribution is 2.34. The lowest BCUT2D eigenvalue weighted by molar-refractivity contribution is 0.360. The Kier molecular flexibility index (Phi) is 9.31. The van der Waals surface area contributed by atoms with Crippen molar-refractivity contribution in [2.75, 3.05) is 49.0 Å². The van der Waals surface area contributed by atoms with Crippen molar-refractivity contribution < 1.29 is 8.76 Å². The quantitative estimate of drug-likeness (QED) is 0.403. The number of hydrogen-bond donors (Lipinski definition) is 0. The van der Waals surface area contributed by atoms with Crippen LogP contribution in [0.4, 0.5) is 11.5 Å². The van der Waals surface area contributed by atoms with E-state index in [1.807, 2.05) is 19.1 Å². The minimum absolute atomic E-state index is 0.361. The molecule has 0 N–H and O–H groups in total. The number of likely N-dealkylation sites (N-methyl/N-ethyl adjacent to an activating group) is 1. The summed E-state index contributed by atoms with van der Waals surface area (Å²) in [5.74, 6) is 1.24. The Morgan fingerprint density at radius 1 is 1.12 bits per heavy atom. The predicted octanol–water partition coefficient (Wildman–Crippen LogP) is 3.44. The van der Waals surface area contributed by atoms with E-state index in [-0.39, 0.29) is 0 Å². The lowest BCUT2D eigenvalue weighted by Gasteiger charge is -2.25. The van der Waals surface area contributed by atoms with Crippen molar-refractivity contribution in [3.05, 3.63) is 46.5 Å². The average molecular weight is 498 g/mol. The van der Waals surface area contributed by atoms with Gasteiger partial charge in [-0.15, -0.1) is 11.8 Å². The molecule has 34 heavy (non-hydrogen) atoms. The number of rotatable bonds is 8. The topological polar surface area (TPSA) is 110 Å². The first-order valence-corrected chi connectivity index (χ1v) is 13.3. The maximum absolute atomic E-state index is 11.4. The molecular weight excluding hydrogens is 468 g/mol. The van der Waals surface area contributed by atoms with Gasteiger partial charge in [-0.3, -0.25) is 4.21 Å². The summed E-state index contributed by atoms with van der Waals surface area (Å²) in [5, 5.41) is 20.5. The predicted molar refractivity (Wildman–Crippen MR) is 135 cm³/mol. The number of hydrogen-bond acceptors (Lipinski definition) is 8. The maximum atomic E-state index is 11.4. The minimum atomic E-state index is -2.32. The summed E-state index contributed by atoms with van der Waals surface area (Å²) in [6, 6.07) is 11.9. The van der Waals surface area contributed by atoms with Gasteiger partial charge < -0.3 is 18.7 Å².